The van der Waals surface area contributed by atoms with Crippen molar-refractivity contribution in [3.8, 4) is 0 Å². The van der Waals surface area contributed by atoms with Crippen molar-refractivity contribution in [2.45, 2.75) is 30.4 Å². The van der Waals surface area contributed by atoms with Crippen molar-refractivity contribution >= 4 is 23.4 Å². The Balaban J connectivity index is 2.84. The summed E-state index contributed by atoms with van der Waals surface area (Å²) >= 11 is 1.33. The highest BCUT2D eigenvalue weighted by molar-refractivity contribution is 8.00. The van der Waals surface area contributed by atoms with E-state index in [9.17, 15) is 14.9 Å². The molecule has 0 aromatic heterocycles. The van der Waals surface area contributed by atoms with Gasteiger partial charge < -0.3 is 5.11 Å². The van der Waals surface area contributed by atoms with E-state index in [1.165, 1.54) is 23.9 Å². The first-order valence-corrected chi connectivity index (χ1v) is 5.91. The van der Waals surface area contributed by atoms with Crippen LogP contribution in [0.1, 0.15) is 18.9 Å². The number of hydrogen-bond donors (Lipinski definition) is 1. The Kier molecular flexibility index (Phi) is 4.51. The quantitative estimate of drug-likeness (QED) is 0.497. The zero-order valence-electron chi connectivity index (χ0n) is 9.54. The Morgan fingerprint density at radius 3 is 2.71 bits per heavy atom. The van der Waals surface area contributed by atoms with Crippen LogP contribution < -0.4 is 0 Å². The largest absolute Gasteiger partial charge is 0.481 e. The standard InChI is InChI=1S/C11H13NO4S/c1-7-3-9(12(15)16)6-10(4-7)17-8(2)5-11(13)14/h3-4,6,8H,5H2,1-2H3,(H,13,14). The maximum atomic E-state index is 10.7. The molecule has 0 bridgehead atoms. The van der Waals surface area contributed by atoms with Crippen LogP contribution in [0.5, 0.6) is 0 Å². The van der Waals surface area contributed by atoms with Crippen LogP contribution in [0.3, 0.4) is 0 Å². The average molecular weight is 255 g/mol. The topological polar surface area (TPSA) is 80.4 Å². The van der Waals surface area contributed by atoms with Crippen LogP contribution in [0.4, 0.5) is 5.69 Å². The number of rotatable bonds is 5. The summed E-state index contributed by atoms with van der Waals surface area (Å²) in [5, 5.41) is 19.2. The molecule has 0 fully saturated rings. The van der Waals surface area contributed by atoms with E-state index in [4.69, 9.17) is 5.11 Å². The molecule has 0 aliphatic rings. The van der Waals surface area contributed by atoms with E-state index in [-0.39, 0.29) is 17.4 Å². The van der Waals surface area contributed by atoms with Crippen molar-refractivity contribution in [2.24, 2.45) is 0 Å². The Labute approximate surface area is 103 Å². The van der Waals surface area contributed by atoms with Crippen LogP contribution >= 0.6 is 11.8 Å². The SMILES string of the molecule is Cc1cc(SC(C)CC(=O)O)cc([N+](=O)[O-])c1. The lowest BCUT2D eigenvalue weighted by atomic mass is 10.2. The monoisotopic (exact) mass is 255 g/mol. The molecule has 0 spiro atoms. The molecule has 0 saturated carbocycles. The minimum absolute atomic E-state index is 0.0341. The summed E-state index contributed by atoms with van der Waals surface area (Å²) in [4.78, 5) is 21.5. The Hall–Kier alpha value is -1.56. The second kappa shape index (κ2) is 5.67. The van der Waals surface area contributed by atoms with Gasteiger partial charge in [0.05, 0.1) is 11.3 Å². The predicted octanol–water partition coefficient (Wildman–Crippen LogP) is 2.86. The van der Waals surface area contributed by atoms with Crippen LogP contribution in [-0.2, 0) is 4.79 Å². The van der Waals surface area contributed by atoms with Gasteiger partial charge in [0, 0.05) is 22.3 Å². The van der Waals surface area contributed by atoms with Gasteiger partial charge in [-0.05, 0) is 18.6 Å². The molecule has 1 N–H and O–H groups in total. The number of aryl methyl sites for hydroxylation is 1. The normalized spacial score (nSPS) is 12.1. The second-order valence-electron chi connectivity index (χ2n) is 3.79. The molecule has 17 heavy (non-hydrogen) atoms. The molecule has 0 aliphatic heterocycles. The van der Waals surface area contributed by atoms with E-state index >= 15 is 0 Å². The van der Waals surface area contributed by atoms with Crippen molar-refractivity contribution < 1.29 is 14.8 Å². The molecule has 0 aliphatic carbocycles. The molecular formula is C11H13NO4S. The second-order valence-corrected chi connectivity index (χ2v) is 5.30. The first-order valence-electron chi connectivity index (χ1n) is 5.03. The highest BCUT2D eigenvalue weighted by atomic mass is 32.2. The third kappa shape index (κ3) is 4.44. The smallest absolute Gasteiger partial charge is 0.304 e. The lowest BCUT2D eigenvalue weighted by molar-refractivity contribution is -0.385. The average Bonchev–Trinajstić information content (AvgIpc) is 2.14. The number of thioether (sulfide) groups is 1. The fraction of sp³-hybridized carbons (Fsp3) is 0.364. The number of carbonyl (C=O) groups is 1. The Morgan fingerprint density at radius 1 is 1.53 bits per heavy atom. The minimum atomic E-state index is -0.868. The van der Waals surface area contributed by atoms with E-state index in [1.54, 1.807) is 13.8 Å². The van der Waals surface area contributed by atoms with Crippen molar-refractivity contribution in [3.63, 3.8) is 0 Å². The van der Waals surface area contributed by atoms with Crippen LogP contribution in [0.15, 0.2) is 23.1 Å². The van der Waals surface area contributed by atoms with Crippen molar-refractivity contribution in [2.75, 3.05) is 0 Å². The number of nitrogens with zero attached hydrogens (tertiary/aromatic N) is 1. The third-order valence-corrected chi connectivity index (χ3v) is 3.12. The van der Waals surface area contributed by atoms with Gasteiger partial charge in [0.25, 0.3) is 5.69 Å². The van der Waals surface area contributed by atoms with Gasteiger partial charge >= 0.3 is 5.97 Å². The number of carboxylic acids is 1. The molecule has 5 nitrogen and oxygen atoms in total. The summed E-state index contributed by atoms with van der Waals surface area (Å²) in [6.07, 6.45) is 0.0341. The first kappa shape index (κ1) is 13.5. The summed E-state index contributed by atoms with van der Waals surface area (Å²) < 4.78 is 0. The Morgan fingerprint density at radius 2 is 2.18 bits per heavy atom. The van der Waals surface area contributed by atoms with Gasteiger partial charge in [-0.15, -0.1) is 11.8 Å². The number of non-ortho nitro benzene ring substituents is 1. The fourth-order valence-electron chi connectivity index (χ4n) is 1.42. The molecule has 0 saturated heterocycles. The summed E-state index contributed by atoms with van der Waals surface area (Å²) in [6.45, 7) is 3.56. The summed E-state index contributed by atoms with van der Waals surface area (Å²) in [5.41, 5.74) is 0.833. The fourth-order valence-corrected chi connectivity index (χ4v) is 2.55. The van der Waals surface area contributed by atoms with Crippen LogP contribution in [0, 0.1) is 17.0 Å². The molecule has 0 heterocycles. The molecule has 92 valence electrons. The van der Waals surface area contributed by atoms with E-state index in [0.717, 1.165) is 10.5 Å². The number of nitro benzene ring substituents is 1. The predicted molar refractivity (Wildman–Crippen MR) is 65.4 cm³/mol. The zero-order valence-corrected chi connectivity index (χ0v) is 10.4. The lowest BCUT2D eigenvalue weighted by Gasteiger charge is -2.08. The number of hydrogen-bond acceptors (Lipinski definition) is 4. The zero-order chi connectivity index (χ0) is 13.0. The molecule has 1 aromatic rings. The van der Waals surface area contributed by atoms with E-state index in [2.05, 4.69) is 0 Å². The van der Waals surface area contributed by atoms with Gasteiger partial charge in [-0.2, -0.15) is 0 Å². The molecule has 0 radical (unpaired) electrons. The number of aliphatic carboxylic acids is 1. The van der Waals surface area contributed by atoms with Gasteiger partial charge in [0.15, 0.2) is 0 Å². The molecular weight excluding hydrogens is 242 g/mol. The number of benzene rings is 1. The molecule has 1 aromatic carbocycles. The van der Waals surface area contributed by atoms with Crippen molar-refractivity contribution in [1.82, 2.24) is 0 Å². The lowest BCUT2D eigenvalue weighted by Crippen LogP contribution is -2.05. The highest BCUT2D eigenvalue weighted by Crippen LogP contribution is 2.29. The van der Waals surface area contributed by atoms with Crippen LogP contribution in [0.25, 0.3) is 0 Å². The van der Waals surface area contributed by atoms with Gasteiger partial charge in [-0.1, -0.05) is 6.92 Å². The van der Waals surface area contributed by atoms with E-state index in [0.29, 0.717) is 0 Å². The van der Waals surface area contributed by atoms with Gasteiger partial charge in [-0.25, -0.2) is 0 Å². The van der Waals surface area contributed by atoms with E-state index in [1.807, 2.05) is 6.07 Å². The van der Waals surface area contributed by atoms with Crippen LogP contribution in [-0.4, -0.2) is 21.2 Å². The Bertz CT molecular complexity index is 447. The summed E-state index contributed by atoms with van der Waals surface area (Å²) in [5.74, 6) is -0.868. The van der Waals surface area contributed by atoms with Gasteiger partial charge in [0.2, 0.25) is 0 Å². The van der Waals surface area contributed by atoms with Crippen molar-refractivity contribution in [3.05, 3.63) is 33.9 Å². The maximum absolute atomic E-state index is 10.7. The van der Waals surface area contributed by atoms with Gasteiger partial charge in [-0.3, -0.25) is 14.9 Å². The summed E-state index contributed by atoms with van der Waals surface area (Å²) in [6, 6.07) is 4.78. The van der Waals surface area contributed by atoms with Crippen molar-refractivity contribution in [1.29, 1.82) is 0 Å². The van der Waals surface area contributed by atoms with Gasteiger partial charge in [0.1, 0.15) is 0 Å². The minimum Gasteiger partial charge on any atom is -0.481 e. The van der Waals surface area contributed by atoms with Crippen LogP contribution in [0.2, 0.25) is 0 Å². The highest BCUT2D eigenvalue weighted by Gasteiger charge is 2.13. The third-order valence-electron chi connectivity index (χ3n) is 2.05. The molecule has 6 heteroatoms. The molecule has 1 rings (SSSR count). The first-order chi connectivity index (χ1) is 7.88. The molecule has 1 atom stereocenters. The number of carboxylic acid groups (broad SMARTS) is 1. The number of nitro groups is 1. The van der Waals surface area contributed by atoms with E-state index < -0.39 is 10.9 Å². The molecule has 0 amide bonds. The molecule has 1 unspecified atom stereocenters. The summed E-state index contributed by atoms with van der Waals surface area (Å²) in [7, 11) is 0. The maximum Gasteiger partial charge on any atom is 0.304 e.